The predicted octanol–water partition coefficient (Wildman–Crippen LogP) is 0.357. The average Bonchev–Trinajstić information content (AvgIpc) is 3.06. The minimum absolute atomic E-state index is 0.283. The molecule has 2 aromatic heterocycles. The van der Waals surface area contributed by atoms with Crippen LogP contribution in [0.4, 0.5) is 0 Å². The number of aromatic amines is 3. The van der Waals surface area contributed by atoms with E-state index in [0.717, 1.165) is 16.5 Å². The van der Waals surface area contributed by atoms with Gasteiger partial charge >= 0.3 is 5.97 Å². The monoisotopic (exact) mass is 297 g/mol. The zero-order valence-electron chi connectivity index (χ0n) is 12.0. The lowest BCUT2D eigenvalue weighted by Crippen LogP contribution is -2.34. The molecule has 0 aliphatic rings. The van der Waals surface area contributed by atoms with Crippen molar-refractivity contribution in [2.75, 3.05) is 6.61 Å². The lowest BCUT2D eigenvalue weighted by atomic mass is 10.1. The Morgan fingerprint density at radius 1 is 1.27 bits per heavy atom. The molecule has 0 bridgehead atoms. The third-order valence-electron chi connectivity index (χ3n) is 3.32. The van der Waals surface area contributed by atoms with Crippen LogP contribution in [0, 0.1) is 0 Å². The number of ether oxygens (including phenoxy) is 1. The Balaban J connectivity index is 2.18. The molecule has 112 valence electrons. The fraction of sp³-hybridized carbons (Fsp3) is 0.125. The van der Waals surface area contributed by atoms with E-state index in [1.54, 1.807) is 13.0 Å². The van der Waals surface area contributed by atoms with Crippen LogP contribution in [0.25, 0.3) is 23.1 Å². The van der Waals surface area contributed by atoms with Crippen molar-refractivity contribution in [1.82, 2.24) is 15.2 Å². The van der Waals surface area contributed by atoms with Crippen molar-refractivity contribution < 1.29 is 9.53 Å². The van der Waals surface area contributed by atoms with Crippen LogP contribution in [0.15, 0.2) is 35.3 Å². The normalized spacial score (nSPS) is 13.0. The molecule has 0 aliphatic carbocycles. The molecule has 3 rings (SSSR count). The second kappa shape index (κ2) is 5.77. The first kappa shape index (κ1) is 13.9. The molecule has 2 heterocycles. The van der Waals surface area contributed by atoms with Crippen molar-refractivity contribution in [1.29, 1.82) is 0 Å². The van der Waals surface area contributed by atoms with Crippen molar-refractivity contribution in [2.45, 2.75) is 6.92 Å². The molecule has 0 saturated heterocycles. The number of fused-ring (bicyclic) bond motifs is 1. The van der Waals surface area contributed by atoms with E-state index in [1.165, 1.54) is 6.08 Å². The summed E-state index contributed by atoms with van der Waals surface area (Å²) in [5.74, 6) is -0.494. The SMILES string of the molecule is CCOC(=O)C=c1[nH][nH]c(=O)c1=Cc1c[nH]c2ccccc12. The van der Waals surface area contributed by atoms with E-state index in [-0.39, 0.29) is 12.2 Å². The Bertz CT molecular complexity index is 991. The summed E-state index contributed by atoms with van der Waals surface area (Å²) in [5.41, 5.74) is 1.57. The summed E-state index contributed by atoms with van der Waals surface area (Å²) in [6, 6.07) is 7.79. The minimum atomic E-state index is -0.494. The van der Waals surface area contributed by atoms with Crippen molar-refractivity contribution in [3.8, 4) is 0 Å². The summed E-state index contributed by atoms with van der Waals surface area (Å²) in [6.45, 7) is 2.01. The van der Waals surface area contributed by atoms with Crippen LogP contribution in [0.2, 0.25) is 0 Å². The molecule has 6 heteroatoms. The van der Waals surface area contributed by atoms with Gasteiger partial charge in [0.1, 0.15) is 0 Å². The molecule has 22 heavy (non-hydrogen) atoms. The highest BCUT2D eigenvalue weighted by Crippen LogP contribution is 2.17. The van der Waals surface area contributed by atoms with Gasteiger partial charge in [0.2, 0.25) is 0 Å². The lowest BCUT2D eigenvalue weighted by Gasteiger charge is -1.93. The number of aromatic nitrogens is 3. The van der Waals surface area contributed by atoms with E-state index in [0.29, 0.717) is 10.6 Å². The van der Waals surface area contributed by atoms with E-state index >= 15 is 0 Å². The van der Waals surface area contributed by atoms with Gasteiger partial charge in [0.05, 0.1) is 17.2 Å². The summed E-state index contributed by atoms with van der Waals surface area (Å²) in [7, 11) is 0. The van der Waals surface area contributed by atoms with Gasteiger partial charge < -0.3 is 9.72 Å². The van der Waals surface area contributed by atoms with Crippen LogP contribution in [0.1, 0.15) is 12.5 Å². The molecule has 3 aromatic rings. The van der Waals surface area contributed by atoms with E-state index in [4.69, 9.17) is 4.74 Å². The van der Waals surface area contributed by atoms with Crippen LogP contribution >= 0.6 is 0 Å². The molecule has 0 spiro atoms. The van der Waals surface area contributed by atoms with Crippen LogP contribution < -0.4 is 16.1 Å². The van der Waals surface area contributed by atoms with E-state index < -0.39 is 5.97 Å². The molecule has 0 radical (unpaired) electrons. The first-order valence-corrected chi connectivity index (χ1v) is 6.92. The zero-order chi connectivity index (χ0) is 15.5. The minimum Gasteiger partial charge on any atom is -0.463 e. The van der Waals surface area contributed by atoms with E-state index in [2.05, 4.69) is 15.2 Å². The Hall–Kier alpha value is -3.02. The average molecular weight is 297 g/mol. The molecular formula is C16H15N3O3. The van der Waals surface area contributed by atoms with Gasteiger partial charge in [-0.15, -0.1) is 0 Å². The second-order valence-corrected chi connectivity index (χ2v) is 4.74. The maximum Gasteiger partial charge on any atom is 0.332 e. The molecule has 0 aliphatic heterocycles. The number of rotatable bonds is 3. The quantitative estimate of drug-likeness (QED) is 0.610. The number of H-pyrrole nitrogens is 3. The summed E-state index contributed by atoms with van der Waals surface area (Å²) >= 11 is 0. The van der Waals surface area contributed by atoms with Gasteiger partial charge in [-0.05, 0) is 19.1 Å². The van der Waals surface area contributed by atoms with Crippen molar-refractivity contribution >= 4 is 29.0 Å². The van der Waals surface area contributed by atoms with E-state index in [1.807, 2.05) is 30.5 Å². The molecule has 0 atom stereocenters. The number of esters is 1. The van der Waals surface area contributed by atoms with Gasteiger partial charge in [-0.3, -0.25) is 15.0 Å². The fourth-order valence-corrected chi connectivity index (χ4v) is 2.31. The summed E-state index contributed by atoms with van der Waals surface area (Å²) < 4.78 is 4.87. The molecule has 0 amide bonds. The molecule has 0 saturated carbocycles. The molecule has 6 nitrogen and oxygen atoms in total. The maximum absolute atomic E-state index is 11.9. The van der Waals surface area contributed by atoms with Crippen LogP contribution in [-0.4, -0.2) is 27.8 Å². The Labute approximate surface area is 125 Å². The smallest absolute Gasteiger partial charge is 0.332 e. The third kappa shape index (κ3) is 2.58. The van der Waals surface area contributed by atoms with Crippen molar-refractivity contribution in [3.05, 3.63) is 56.9 Å². The Morgan fingerprint density at radius 2 is 2.09 bits per heavy atom. The van der Waals surface area contributed by atoms with Gasteiger partial charge in [0.15, 0.2) is 0 Å². The van der Waals surface area contributed by atoms with Gasteiger partial charge in [-0.2, -0.15) is 0 Å². The third-order valence-corrected chi connectivity index (χ3v) is 3.32. The number of carbonyl (C=O) groups excluding carboxylic acids is 1. The van der Waals surface area contributed by atoms with Gasteiger partial charge in [0, 0.05) is 28.7 Å². The molecule has 3 N–H and O–H groups in total. The number of carbonyl (C=O) groups is 1. The number of benzene rings is 1. The molecule has 1 aromatic carbocycles. The lowest BCUT2D eigenvalue weighted by molar-refractivity contribution is -0.135. The first-order valence-electron chi connectivity index (χ1n) is 6.92. The number of hydrogen-bond acceptors (Lipinski definition) is 3. The van der Waals surface area contributed by atoms with Crippen LogP contribution in [-0.2, 0) is 9.53 Å². The van der Waals surface area contributed by atoms with Crippen LogP contribution in [0.5, 0.6) is 0 Å². The van der Waals surface area contributed by atoms with Crippen molar-refractivity contribution in [3.63, 3.8) is 0 Å². The molecular weight excluding hydrogens is 282 g/mol. The van der Waals surface area contributed by atoms with Crippen molar-refractivity contribution in [2.24, 2.45) is 0 Å². The number of nitrogens with one attached hydrogen (secondary N) is 3. The van der Waals surface area contributed by atoms with Gasteiger partial charge in [-0.25, -0.2) is 4.79 Å². The maximum atomic E-state index is 11.9. The second-order valence-electron chi connectivity index (χ2n) is 4.74. The predicted molar refractivity (Wildman–Crippen MR) is 83.6 cm³/mol. The van der Waals surface area contributed by atoms with E-state index in [9.17, 15) is 9.59 Å². The Morgan fingerprint density at radius 3 is 2.91 bits per heavy atom. The Kier molecular flexibility index (Phi) is 3.65. The highest BCUT2D eigenvalue weighted by Gasteiger charge is 2.03. The standard InChI is InChI=1S/C16H15N3O3/c1-2-22-15(20)8-14-12(16(21)19-18-14)7-10-9-17-13-6-4-3-5-11(10)13/h3-9,17-18H,2H2,1H3,(H,19,21). The molecule has 0 fully saturated rings. The largest absolute Gasteiger partial charge is 0.463 e. The molecule has 0 unspecified atom stereocenters. The zero-order valence-corrected chi connectivity index (χ0v) is 12.0. The topological polar surface area (TPSA) is 90.7 Å². The highest BCUT2D eigenvalue weighted by molar-refractivity contribution is 5.99. The first-order chi connectivity index (χ1) is 10.7. The summed E-state index contributed by atoms with van der Waals surface area (Å²) in [6.07, 6.45) is 4.83. The summed E-state index contributed by atoms with van der Waals surface area (Å²) in [4.78, 5) is 26.6. The van der Waals surface area contributed by atoms with Crippen LogP contribution in [0.3, 0.4) is 0 Å². The fourth-order valence-electron chi connectivity index (χ4n) is 2.31. The van der Waals surface area contributed by atoms with Gasteiger partial charge in [0.25, 0.3) is 5.56 Å². The number of hydrogen-bond donors (Lipinski definition) is 3. The summed E-state index contributed by atoms with van der Waals surface area (Å²) in [5, 5.41) is 6.96. The van der Waals surface area contributed by atoms with Gasteiger partial charge in [-0.1, -0.05) is 18.2 Å². The highest BCUT2D eigenvalue weighted by atomic mass is 16.5. The number of para-hydroxylation sites is 1.